The van der Waals surface area contributed by atoms with E-state index in [4.69, 9.17) is 9.72 Å². The van der Waals surface area contributed by atoms with E-state index < -0.39 is 10.2 Å². The maximum Gasteiger partial charge on any atom is 0.303 e. The second kappa shape index (κ2) is 10.1. The van der Waals surface area contributed by atoms with E-state index >= 15 is 0 Å². The molecule has 0 unspecified atom stereocenters. The number of rotatable bonds is 8. The van der Waals surface area contributed by atoms with E-state index in [-0.39, 0.29) is 30.5 Å². The number of fused-ring (bicyclic) bond motifs is 1. The number of carbonyl (C=O) groups is 1. The smallest absolute Gasteiger partial charge is 0.303 e. The number of carbonyl (C=O) groups excluding carboxylic acids is 1. The number of benzene rings is 1. The van der Waals surface area contributed by atoms with Crippen molar-refractivity contribution in [3.05, 3.63) is 24.0 Å². The number of nitrogens with one attached hydrogen (secondary N) is 1. The number of hydrogen-bond acceptors (Lipinski definition) is 5. The summed E-state index contributed by atoms with van der Waals surface area (Å²) in [6.07, 6.45) is 3.31. The van der Waals surface area contributed by atoms with Gasteiger partial charge in [0.05, 0.1) is 22.8 Å². The lowest BCUT2D eigenvalue weighted by molar-refractivity contribution is -0.122. The summed E-state index contributed by atoms with van der Waals surface area (Å²) in [5.74, 6) is 1.52. The number of aromatic nitrogens is 2. The van der Waals surface area contributed by atoms with Crippen LogP contribution < -0.4 is 9.62 Å². The summed E-state index contributed by atoms with van der Waals surface area (Å²) in [6.45, 7) is 11.5. The average molecular weight is 506 g/mol. The molecule has 2 aromatic rings. The fourth-order valence-electron chi connectivity index (χ4n) is 4.81. The zero-order chi connectivity index (χ0) is 25.4. The van der Waals surface area contributed by atoms with E-state index in [0.717, 1.165) is 55.9 Å². The van der Waals surface area contributed by atoms with Crippen LogP contribution in [0.4, 0.5) is 5.69 Å². The third-order valence-electron chi connectivity index (χ3n) is 6.91. The van der Waals surface area contributed by atoms with Crippen LogP contribution in [0.5, 0.6) is 0 Å². The van der Waals surface area contributed by atoms with Crippen molar-refractivity contribution in [3.63, 3.8) is 0 Å². The Morgan fingerprint density at radius 1 is 1.23 bits per heavy atom. The Kier molecular flexibility index (Phi) is 7.45. The van der Waals surface area contributed by atoms with Crippen molar-refractivity contribution in [2.45, 2.75) is 71.4 Å². The highest BCUT2D eigenvalue weighted by Crippen LogP contribution is 2.32. The van der Waals surface area contributed by atoms with Crippen LogP contribution in [0, 0.1) is 5.92 Å². The van der Waals surface area contributed by atoms with Gasteiger partial charge in [-0.1, -0.05) is 27.7 Å². The summed E-state index contributed by atoms with van der Waals surface area (Å²) < 4.78 is 37.0. The molecule has 2 fully saturated rings. The predicted octanol–water partition coefficient (Wildman–Crippen LogP) is 3.04. The second-order valence-electron chi connectivity index (χ2n) is 10.8. The lowest BCUT2D eigenvalue weighted by Crippen LogP contribution is -2.63. The molecule has 194 valence electrons. The molecular weight excluding hydrogens is 466 g/mol. The van der Waals surface area contributed by atoms with Gasteiger partial charge in [0.2, 0.25) is 5.91 Å². The molecule has 0 radical (unpaired) electrons. The van der Waals surface area contributed by atoms with Crippen molar-refractivity contribution in [2.24, 2.45) is 5.92 Å². The molecule has 9 nitrogen and oxygen atoms in total. The number of amides is 1. The number of nitrogens with zero attached hydrogens (tertiary/aromatic N) is 4. The first-order chi connectivity index (χ1) is 16.5. The number of hydrogen-bond donors (Lipinski definition) is 1. The molecule has 0 spiro atoms. The van der Waals surface area contributed by atoms with Crippen molar-refractivity contribution < 1.29 is 17.9 Å². The Morgan fingerprint density at radius 2 is 1.91 bits per heavy atom. The van der Waals surface area contributed by atoms with Crippen molar-refractivity contribution >= 4 is 32.8 Å². The summed E-state index contributed by atoms with van der Waals surface area (Å²) in [4.78, 5) is 16.8. The summed E-state index contributed by atoms with van der Waals surface area (Å²) in [5.41, 5.74) is 2.26. The normalized spacial score (nSPS) is 18.5. The lowest BCUT2D eigenvalue weighted by atomic mass is 9.94. The highest BCUT2D eigenvalue weighted by atomic mass is 32.2. The Morgan fingerprint density at radius 3 is 2.54 bits per heavy atom. The SMILES string of the molecule is CCCC(=O)NC1CN(S(=O)(=O)N(C)c2ccc3c(c2)nc(C(C)(C)C)n3CC2CCOCC2)C1. The molecule has 0 aliphatic carbocycles. The Bertz CT molecular complexity index is 1160. The van der Waals surface area contributed by atoms with Gasteiger partial charge in [-0.05, 0) is 43.4 Å². The fourth-order valence-corrected chi connectivity index (χ4v) is 6.27. The maximum atomic E-state index is 13.2. The van der Waals surface area contributed by atoms with Crippen molar-refractivity contribution in [2.75, 3.05) is 37.7 Å². The predicted molar refractivity (Wildman–Crippen MR) is 138 cm³/mol. The zero-order valence-corrected chi connectivity index (χ0v) is 22.4. The summed E-state index contributed by atoms with van der Waals surface area (Å²) in [7, 11) is -2.12. The molecule has 1 aromatic carbocycles. The molecule has 1 aromatic heterocycles. The van der Waals surface area contributed by atoms with Gasteiger partial charge < -0.3 is 14.6 Å². The van der Waals surface area contributed by atoms with Gasteiger partial charge in [0.15, 0.2) is 0 Å². The van der Waals surface area contributed by atoms with Crippen LogP contribution in [0.2, 0.25) is 0 Å². The van der Waals surface area contributed by atoms with Gasteiger partial charge in [-0.15, -0.1) is 0 Å². The first-order valence-corrected chi connectivity index (χ1v) is 14.0. The van der Waals surface area contributed by atoms with Gasteiger partial charge in [-0.3, -0.25) is 9.10 Å². The molecule has 0 saturated carbocycles. The Hall–Kier alpha value is -2.17. The van der Waals surface area contributed by atoms with Gasteiger partial charge in [0.25, 0.3) is 0 Å². The van der Waals surface area contributed by atoms with Crippen LogP contribution >= 0.6 is 0 Å². The average Bonchev–Trinajstić information content (AvgIpc) is 3.14. The maximum absolute atomic E-state index is 13.2. The van der Waals surface area contributed by atoms with E-state index in [2.05, 4.69) is 30.7 Å². The molecule has 1 N–H and O–H groups in total. The largest absolute Gasteiger partial charge is 0.381 e. The number of imidazole rings is 1. The van der Waals surface area contributed by atoms with E-state index in [1.54, 1.807) is 7.05 Å². The van der Waals surface area contributed by atoms with Crippen LogP contribution in [0.25, 0.3) is 11.0 Å². The number of ether oxygens (including phenoxy) is 1. The zero-order valence-electron chi connectivity index (χ0n) is 21.6. The lowest BCUT2D eigenvalue weighted by Gasteiger charge is -2.40. The molecule has 2 aliphatic heterocycles. The second-order valence-corrected chi connectivity index (χ2v) is 12.8. The van der Waals surface area contributed by atoms with Crippen LogP contribution in [0.1, 0.15) is 59.2 Å². The quantitative estimate of drug-likeness (QED) is 0.595. The minimum atomic E-state index is -3.69. The third kappa shape index (κ3) is 5.49. The summed E-state index contributed by atoms with van der Waals surface area (Å²) in [6, 6.07) is 5.58. The monoisotopic (exact) mass is 505 g/mol. The molecule has 3 heterocycles. The minimum Gasteiger partial charge on any atom is -0.381 e. The Balaban J connectivity index is 1.54. The summed E-state index contributed by atoms with van der Waals surface area (Å²) >= 11 is 0. The van der Waals surface area contributed by atoms with Gasteiger partial charge >= 0.3 is 10.2 Å². The minimum absolute atomic E-state index is 0.0284. The van der Waals surface area contributed by atoms with Crippen LogP contribution in [-0.2, 0) is 31.7 Å². The van der Waals surface area contributed by atoms with Crippen LogP contribution in [0.3, 0.4) is 0 Å². The Labute approximate surface area is 209 Å². The van der Waals surface area contributed by atoms with E-state index in [1.165, 1.54) is 8.61 Å². The molecule has 0 bridgehead atoms. The van der Waals surface area contributed by atoms with E-state index in [1.807, 2.05) is 25.1 Å². The molecule has 1 amide bonds. The summed E-state index contributed by atoms with van der Waals surface area (Å²) in [5, 5.41) is 2.89. The topological polar surface area (TPSA) is 96.8 Å². The molecule has 2 saturated heterocycles. The molecule has 4 rings (SSSR count). The van der Waals surface area contributed by atoms with Gasteiger partial charge in [-0.25, -0.2) is 4.98 Å². The highest BCUT2D eigenvalue weighted by Gasteiger charge is 2.39. The molecule has 2 aliphatic rings. The van der Waals surface area contributed by atoms with Gasteiger partial charge in [0.1, 0.15) is 5.82 Å². The van der Waals surface area contributed by atoms with Crippen molar-refractivity contribution in [3.8, 4) is 0 Å². The fraction of sp³-hybridized carbons (Fsp3) is 0.680. The van der Waals surface area contributed by atoms with Gasteiger partial charge in [-0.2, -0.15) is 12.7 Å². The van der Waals surface area contributed by atoms with Crippen molar-refractivity contribution in [1.82, 2.24) is 19.2 Å². The van der Waals surface area contributed by atoms with Crippen LogP contribution in [-0.4, -0.2) is 67.6 Å². The third-order valence-corrected chi connectivity index (χ3v) is 8.76. The van der Waals surface area contributed by atoms with Crippen LogP contribution in [0.15, 0.2) is 18.2 Å². The molecule has 10 heteroatoms. The number of anilines is 1. The molecule has 0 atom stereocenters. The van der Waals surface area contributed by atoms with Crippen molar-refractivity contribution in [1.29, 1.82) is 0 Å². The highest BCUT2D eigenvalue weighted by molar-refractivity contribution is 7.90. The standard InChI is InChI=1S/C25H39N5O4S/c1-6-7-23(31)26-19-16-29(17-19)35(32,33)28(5)20-8-9-22-21(14-20)27-24(25(2,3)4)30(22)15-18-10-12-34-13-11-18/h8-9,14,18-19H,6-7,10-13,15-17H2,1-5H3,(H,26,31). The molecule has 35 heavy (non-hydrogen) atoms. The van der Waals surface area contributed by atoms with E-state index in [0.29, 0.717) is 18.0 Å². The first-order valence-electron chi connectivity index (χ1n) is 12.6. The molecular formula is C25H39N5O4S. The first kappa shape index (κ1) is 25.9. The van der Waals surface area contributed by atoms with Gasteiger partial charge in [0, 0.05) is 51.7 Å². The van der Waals surface area contributed by atoms with E-state index in [9.17, 15) is 13.2 Å².